The van der Waals surface area contributed by atoms with Crippen molar-refractivity contribution in [3.8, 4) is 5.75 Å². The Kier molecular flexibility index (Phi) is 6.46. The van der Waals surface area contributed by atoms with E-state index in [2.05, 4.69) is 28.1 Å². The Labute approximate surface area is 139 Å². The molecule has 0 N–H and O–H groups in total. The van der Waals surface area contributed by atoms with Crippen LogP contribution >= 0.6 is 15.9 Å². The largest absolute Gasteiger partial charge is 0.492 e. The van der Waals surface area contributed by atoms with Gasteiger partial charge in [0.15, 0.2) is 0 Å². The van der Waals surface area contributed by atoms with Crippen molar-refractivity contribution in [2.24, 2.45) is 0 Å². The maximum atomic E-state index is 11.8. The molecule has 0 bridgehead atoms. The summed E-state index contributed by atoms with van der Waals surface area (Å²) in [6.45, 7) is 2.99. The fourth-order valence-corrected chi connectivity index (χ4v) is 2.44. The Bertz CT molecular complexity index is 611. The molecule has 22 heavy (non-hydrogen) atoms. The van der Waals surface area contributed by atoms with Gasteiger partial charge in [-0.25, -0.2) is 4.79 Å². The minimum atomic E-state index is -0.307. The molecule has 0 atom stereocenters. The molecule has 2 rings (SSSR count). The van der Waals surface area contributed by atoms with Gasteiger partial charge in [-0.15, -0.1) is 0 Å². The summed E-state index contributed by atoms with van der Waals surface area (Å²) in [7, 11) is 0. The van der Waals surface area contributed by atoms with E-state index >= 15 is 0 Å². The summed E-state index contributed by atoms with van der Waals surface area (Å²) in [4.78, 5) is 11.8. The average Bonchev–Trinajstić information content (AvgIpc) is 2.55. The molecule has 0 heterocycles. The quantitative estimate of drug-likeness (QED) is 0.673. The molecule has 3 nitrogen and oxygen atoms in total. The first kappa shape index (κ1) is 16.6. The Morgan fingerprint density at radius 3 is 2.55 bits per heavy atom. The predicted octanol–water partition coefficient (Wildman–Crippen LogP) is 4.64. The van der Waals surface area contributed by atoms with Crippen LogP contribution in [-0.2, 0) is 11.2 Å². The fraction of sp³-hybridized carbons (Fsp3) is 0.278. The Morgan fingerprint density at radius 2 is 1.86 bits per heavy atom. The zero-order valence-corrected chi connectivity index (χ0v) is 14.1. The second-order valence-electron chi connectivity index (χ2n) is 4.87. The monoisotopic (exact) mass is 362 g/mol. The molecule has 2 aromatic rings. The maximum absolute atomic E-state index is 11.8. The summed E-state index contributed by atoms with van der Waals surface area (Å²) in [6, 6.07) is 15.4. The molecule has 116 valence electrons. The molecule has 2 aromatic carbocycles. The van der Waals surface area contributed by atoms with E-state index in [-0.39, 0.29) is 5.97 Å². The van der Waals surface area contributed by atoms with Crippen LogP contribution in [0.4, 0.5) is 0 Å². The second-order valence-corrected chi connectivity index (χ2v) is 5.72. The van der Waals surface area contributed by atoms with E-state index in [0.717, 1.165) is 23.1 Å². The molecule has 0 spiro atoms. The molecule has 0 saturated carbocycles. The lowest BCUT2D eigenvalue weighted by molar-refractivity contribution is 0.0505. The van der Waals surface area contributed by atoms with Gasteiger partial charge in [0.1, 0.15) is 5.75 Å². The van der Waals surface area contributed by atoms with Gasteiger partial charge < -0.3 is 9.47 Å². The fourth-order valence-electron chi connectivity index (χ4n) is 1.95. The average molecular weight is 363 g/mol. The number of carbonyl (C=O) groups is 1. The number of esters is 1. The van der Waals surface area contributed by atoms with Gasteiger partial charge in [-0.1, -0.05) is 37.3 Å². The Morgan fingerprint density at radius 1 is 1.09 bits per heavy atom. The van der Waals surface area contributed by atoms with Crippen molar-refractivity contribution >= 4 is 21.9 Å². The number of carbonyl (C=O) groups excluding carboxylic acids is 1. The molecule has 0 radical (unpaired) electrons. The van der Waals surface area contributed by atoms with Crippen LogP contribution in [0.2, 0.25) is 0 Å². The molecule has 0 saturated heterocycles. The third-order valence-electron chi connectivity index (χ3n) is 3.10. The van der Waals surface area contributed by atoms with Crippen LogP contribution in [0.5, 0.6) is 5.75 Å². The first-order valence-electron chi connectivity index (χ1n) is 7.34. The van der Waals surface area contributed by atoms with Gasteiger partial charge in [0.25, 0.3) is 0 Å². The molecular weight excluding hydrogens is 344 g/mol. The molecule has 0 aliphatic rings. The van der Waals surface area contributed by atoms with Crippen LogP contribution in [-0.4, -0.2) is 19.2 Å². The number of benzene rings is 2. The summed E-state index contributed by atoms with van der Waals surface area (Å²) < 4.78 is 11.6. The van der Waals surface area contributed by atoms with E-state index in [9.17, 15) is 4.79 Å². The van der Waals surface area contributed by atoms with Gasteiger partial charge in [0.05, 0.1) is 23.2 Å². The van der Waals surface area contributed by atoms with Gasteiger partial charge in [0.2, 0.25) is 0 Å². The summed E-state index contributed by atoms with van der Waals surface area (Å²) in [5.74, 6) is 0.418. The van der Waals surface area contributed by atoms with Crippen LogP contribution in [0.1, 0.15) is 29.3 Å². The molecule has 0 amide bonds. The molecule has 0 unspecified atom stereocenters. The Hall–Kier alpha value is -1.81. The maximum Gasteiger partial charge on any atom is 0.338 e. The van der Waals surface area contributed by atoms with E-state index in [1.165, 1.54) is 5.56 Å². The number of rotatable bonds is 7. The van der Waals surface area contributed by atoms with Crippen LogP contribution in [0, 0.1) is 0 Å². The number of hydrogen-bond donors (Lipinski definition) is 0. The first-order valence-corrected chi connectivity index (χ1v) is 8.13. The number of hydrogen-bond acceptors (Lipinski definition) is 3. The zero-order chi connectivity index (χ0) is 15.8. The molecule has 0 aliphatic heterocycles. The van der Waals surface area contributed by atoms with Gasteiger partial charge >= 0.3 is 5.97 Å². The van der Waals surface area contributed by atoms with Gasteiger partial charge in [-0.2, -0.15) is 0 Å². The highest BCUT2D eigenvalue weighted by Gasteiger charge is 2.10. The molecule has 4 heteroatoms. The molecule has 0 aliphatic carbocycles. The third kappa shape index (κ3) is 4.88. The number of halogens is 1. The molecule has 0 fully saturated rings. The lowest BCUT2D eigenvalue weighted by atomic mass is 10.2. The highest BCUT2D eigenvalue weighted by Crippen LogP contribution is 2.26. The summed E-state index contributed by atoms with van der Waals surface area (Å²) in [5.41, 5.74) is 1.76. The van der Waals surface area contributed by atoms with Crippen molar-refractivity contribution in [1.29, 1.82) is 0 Å². The Balaban J connectivity index is 1.91. The van der Waals surface area contributed by atoms with Gasteiger partial charge in [-0.05, 0) is 46.1 Å². The summed E-state index contributed by atoms with van der Waals surface area (Å²) >= 11 is 3.44. The van der Waals surface area contributed by atoms with Crippen molar-refractivity contribution < 1.29 is 14.3 Å². The first-order chi connectivity index (χ1) is 10.7. The topological polar surface area (TPSA) is 35.5 Å². The second kappa shape index (κ2) is 8.59. The molecular formula is C18H19BrO3. The van der Waals surface area contributed by atoms with E-state index in [1.54, 1.807) is 18.2 Å². The van der Waals surface area contributed by atoms with Crippen molar-refractivity contribution in [2.75, 3.05) is 13.2 Å². The zero-order valence-electron chi connectivity index (χ0n) is 12.5. The highest BCUT2D eigenvalue weighted by molar-refractivity contribution is 9.10. The molecule has 0 aromatic heterocycles. The number of ether oxygens (including phenoxy) is 2. The van der Waals surface area contributed by atoms with E-state index < -0.39 is 0 Å². The van der Waals surface area contributed by atoms with E-state index in [1.807, 2.05) is 25.1 Å². The van der Waals surface area contributed by atoms with Crippen molar-refractivity contribution in [2.45, 2.75) is 19.8 Å². The standard InChI is InChI=1S/C18H19BrO3/c1-2-11-22-18(20)15-8-9-17(16(19)13-15)21-12-10-14-6-4-3-5-7-14/h3-9,13H,2,10-12H2,1H3. The lowest BCUT2D eigenvalue weighted by Gasteiger charge is -2.10. The van der Waals surface area contributed by atoms with Crippen LogP contribution in [0.25, 0.3) is 0 Å². The van der Waals surface area contributed by atoms with Gasteiger partial charge in [-0.3, -0.25) is 0 Å². The minimum Gasteiger partial charge on any atom is -0.492 e. The predicted molar refractivity (Wildman–Crippen MR) is 90.4 cm³/mol. The van der Waals surface area contributed by atoms with Crippen molar-refractivity contribution in [3.05, 3.63) is 64.1 Å². The van der Waals surface area contributed by atoms with Crippen LogP contribution in [0.15, 0.2) is 53.0 Å². The smallest absolute Gasteiger partial charge is 0.338 e. The van der Waals surface area contributed by atoms with Crippen molar-refractivity contribution in [3.63, 3.8) is 0 Å². The normalized spacial score (nSPS) is 10.3. The lowest BCUT2D eigenvalue weighted by Crippen LogP contribution is -2.06. The van der Waals surface area contributed by atoms with E-state index in [0.29, 0.717) is 18.8 Å². The summed E-state index contributed by atoms with van der Waals surface area (Å²) in [6.07, 6.45) is 1.65. The SMILES string of the molecule is CCCOC(=O)c1ccc(OCCc2ccccc2)c(Br)c1. The van der Waals surface area contributed by atoms with Crippen LogP contribution in [0.3, 0.4) is 0 Å². The minimum absolute atomic E-state index is 0.307. The van der Waals surface area contributed by atoms with Gasteiger partial charge in [0, 0.05) is 6.42 Å². The van der Waals surface area contributed by atoms with E-state index in [4.69, 9.17) is 9.47 Å². The summed E-state index contributed by atoms with van der Waals surface area (Å²) in [5, 5.41) is 0. The van der Waals surface area contributed by atoms with Crippen LogP contribution < -0.4 is 4.74 Å². The third-order valence-corrected chi connectivity index (χ3v) is 3.72. The van der Waals surface area contributed by atoms with Crippen molar-refractivity contribution in [1.82, 2.24) is 0 Å². The highest BCUT2D eigenvalue weighted by atomic mass is 79.9.